The van der Waals surface area contributed by atoms with Crippen LogP contribution < -0.4 is 3.53 Å². The molecule has 0 unspecified atom stereocenters. The highest BCUT2D eigenvalue weighted by atomic mass is 127. The van der Waals surface area contributed by atoms with Crippen molar-refractivity contribution in [3.05, 3.63) is 0 Å². The van der Waals surface area contributed by atoms with Crippen LogP contribution in [0.25, 0.3) is 0 Å². The summed E-state index contributed by atoms with van der Waals surface area (Å²) in [7, 11) is 0. The first-order valence-corrected chi connectivity index (χ1v) is 7.13. The van der Waals surface area contributed by atoms with Crippen LogP contribution in [0, 0.1) is 0 Å². The Bertz CT molecular complexity index is 189. The molecule has 0 aromatic carbocycles. The Morgan fingerprint density at radius 3 is 2.47 bits per heavy atom. The van der Waals surface area contributed by atoms with E-state index in [1.165, 1.54) is 45.3 Å². The molecule has 2 rings (SSSR count). The molecule has 0 radical (unpaired) electrons. The van der Waals surface area contributed by atoms with Crippen LogP contribution in [0.2, 0.25) is 0 Å². The van der Waals surface area contributed by atoms with Crippen LogP contribution in [0.1, 0.15) is 32.6 Å². The lowest BCUT2D eigenvalue weighted by atomic mass is 9.90. The van der Waals surface area contributed by atoms with Gasteiger partial charge in [-0.15, -0.1) is 0 Å². The molecule has 1 aliphatic heterocycles. The van der Waals surface area contributed by atoms with Crippen molar-refractivity contribution in [1.29, 1.82) is 0 Å². The van der Waals surface area contributed by atoms with Gasteiger partial charge in [-0.05, 0) is 32.2 Å². The number of ether oxygens (including phenoxy) is 1. The third-order valence-corrected chi connectivity index (χ3v) is 4.50. The number of likely N-dealkylation sites (tertiary alicyclic amines) is 1. The van der Waals surface area contributed by atoms with Gasteiger partial charge in [0.05, 0.1) is 12.2 Å². The SMILES string of the molecule is CCN1CCC(OC2CC(NI)C2)CC1. The van der Waals surface area contributed by atoms with Gasteiger partial charge >= 0.3 is 0 Å². The molecule has 1 heterocycles. The monoisotopic (exact) mass is 324 g/mol. The zero-order valence-corrected chi connectivity index (χ0v) is 11.6. The van der Waals surface area contributed by atoms with Crippen molar-refractivity contribution in [2.75, 3.05) is 19.6 Å². The highest BCUT2D eigenvalue weighted by molar-refractivity contribution is 14.1. The molecule has 1 saturated heterocycles. The van der Waals surface area contributed by atoms with E-state index in [0.717, 1.165) is 0 Å². The molecule has 0 aromatic rings. The lowest BCUT2D eigenvalue weighted by molar-refractivity contribution is -0.0803. The van der Waals surface area contributed by atoms with Gasteiger partial charge in [0, 0.05) is 42.0 Å². The molecule has 0 bridgehead atoms. The van der Waals surface area contributed by atoms with Crippen molar-refractivity contribution in [3.8, 4) is 0 Å². The van der Waals surface area contributed by atoms with Gasteiger partial charge in [-0.3, -0.25) is 3.53 Å². The Morgan fingerprint density at radius 2 is 1.93 bits per heavy atom. The minimum Gasteiger partial charge on any atom is -0.375 e. The summed E-state index contributed by atoms with van der Waals surface area (Å²) in [4.78, 5) is 2.51. The molecular formula is C11H21IN2O. The average molecular weight is 324 g/mol. The molecule has 1 saturated carbocycles. The number of nitrogens with zero attached hydrogens (tertiary/aromatic N) is 1. The van der Waals surface area contributed by atoms with E-state index in [9.17, 15) is 0 Å². The van der Waals surface area contributed by atoms with E-state index in [-0.39, 0.29) is 0 Å². The molecule has 88 valence electrons. The zero-order chi connectivity index (χ0) is 10.7. The van der Waals surface area contributed by atoms with Crippen LogP contribution in [0.4, 0.5) is 0 Å². The van der Waals surface area contributed by atoms with Gasteiger partial charge in [-0.2, -0.15) is 0 Å². The van der Waals surface area contributed by atoms with Crippen molar-refractivity contribution in [2.45, 2.75) is 50.9 Å². The van der Waals surface area contributed by atoms with E-state index in [4.69, 9.17) is 4.74 Å². The number of piperidine rings is 1. The molecule has 4 heteroatoms. The predicted molar refractivity (Wildman–Crippen MR) is 70.2 cm³/mol. The fraction of sp³-hybridized carbons (Fsp3) is 1.00. The van der Waals surface area contributed by atoms with Gasteiger partial charge in [0.1, 0.15) is 0 Å². The second-order valence-electron chi connectivity index (χ2n) is 4.67. The standard InChI is InChI=1S/C11H21IN2O/c1-2-14-5-3-10(4-6-14)15-11-7-9(8-11)13-12/h9-11,13H,2-8H2,1H3. The van der Waals surface area contributed by atoms with E-state index in [0.29, 0.717) is 18.2 Å². The lowest BCUT2D eigenvalue weighted by Gasteiger charge is -2.39. The molecule has 0 amide bonds. The largest absolute Gasteiger partial charge is 0.375 e. The molecule has 0 aromatic heterocycles. The lowest BCUT2D eigenvalue weighted by Crippen LogP contribution is -2.45. The highest BCUT2D eigenvalue weighted by Crippen LogP contribution is 2.27. The number of rotatable bonds is 4. The maximum Gasteiger partial charge on any atom is 0.0609 e. The summed E-state index contributed by atoms with van der Waals surface area (Å²) >= 11 is 2.24. The van der Waals surface area contributed by atoms with E-state index in [1.807, 2.05) is 0 Å². The Hall–Kier alpha value is 0.610. The van der Waals surface area contributed by atoms with Gasteiger partial charge in [-0.25, -0.2) is 0 Å². The summed E-state index contributed by atoms with van der Waals surface area (Å²) < 4.78 is 9.35. The van der Waals surface area contributed by atoms with Crippen LogP contribution in [-0.4, -0.2) is 42.8 Å². The van der Waals surface area contributed by atoms with E-state index >= 15 is 0 Å². The van der Waals surface area contributed by atoms with Gasteiger partial charge < -0.3 is 9.64 Å². The first-order valence-electron chi connectivity index (χ1n) is 6.05. The van der Waals surface area contributed by atoms with Crippen LogP contribution in [0.3, 0.4) is 0 Å². The second-order valence-corrected chi connectivity index (χ2v) is 5.29. The molecular weight excluding hydrogens is 303 g/mol. The average Bonchev–Trinajstić information content (AvgIpc) is 2.23. The Balaban J connectivity index is 1.61. The fourth-order valence-corrected chi connectivity index (χ4v) is 2.91. The summed E-state index contributed by atoms with van der Waals surface area (Å²) in [5.41, 5.74) is 0. The van der Waals surface area contributed by atoms with Crippen LogP contribution in [0.15, 0.2) is 0 Å². The normalized spacial score (nSPS) is 34.0. The van der Waals surface area contributed by atoms with Crippen molar-refractivity contribution in [2.24, 2.45) is 0 Å². The van der Waals surface area contributed by atoms with Crippen LogP contribution >= 0.6 is 22.9 Å². The second kappa shape index (κ2) is 5.80. The van der Waals surface area contributed by atoms with Crippen LogP contribution in [-0.2, 0) is 4.74 Å². The van der Waals surface area contributed by atoms with E-state index in [1.54, 1.807) is 0 Å². The molecule has 3 nitrogen and oxygen atoms in total. The number of nitrogens with one attached hydrogen (secondary N) is 1. The summed E-state index contributed by atoms with van der Waals surface area (Å²) in [6, 6.07) is 0.700. The quantitative estimate of drug-likeness (QED) is 0.632. The summed E-state index contributed by atoms with van der Waals surface area (Å²) in [6.07, 6.45) is 5.94. The molecule has 2 fully saturated rings. The van der Waals surface area contributed by atoms with Gasteiger partial charge in [0.15, 0.2) is 0 Å². The maximum absolute atomic E-state index is 6.08. The third-order valence-electron chi connectivity index (χ3n) is 3.62. The number of hydrogen-bond acceptors (Lipinski definition) is 3. The van der Waals surface area contributed by atoms with Crippen molar-refractivity contribution >= 4 is 22.9 Å². The van der Waals surface area contributed by atoms with Gasteiger partial charge in [0.2, 0.25) is 0 Å². The highest BCUT2D eigenvalue weighted by Gasteiger charge is 2.32. The number of hydrogen-bond donors (Lipinski definition) is 1. The number of halogens is 1. The molecule has 2 aliphatic rings. The van der Waals surface area contributed by atoms with E-state index in [2.05, 4.69) is 38.2 Å². The molecule has 0 spiro atoms. The topological polar surface area (TPSA) is 24.5 Å². The summed E-state index contributed by atoms with van der Waals surface area (Å²) in [6.45, 7) is 5.88. The zero-order valence-electron chi connectivity index (χ0n) is 9.42. The first kappa shape index (κ1) is 12.1. The fourth-order valence-electron chi connectivity index (χ4n) is 2.40. The van der Waals surface area contributed by atoms with E-state index < -0.39 is 0 Å². The first-order chi connectivity index (χ1) is 7.31. The van der Waals surface area contributed by atoms with Crippen molar-refractivity contribution in [1.82, 2.24) is 8.43 Å². The Kier molecular flexibility index (Phi) is 4.67. The Morgan fingerprint density at radius 1 is 1.27 bits per heavy atom. The van der Waals surface area contributed by atoms with Gasteiger partial charge in [-0.1, -0.05) is 6.92 Å². The molecule has 0 atom stereocenters. The minimum absolute atomic E-state index is 0.535. The molecule has 15 heavy (non-hydrogen) atoms. The van der Waals surface area contributed by atoms with Crippen molar-refractivity contribution < 1.29 is 4.74 Å². The maximum atomic E-state index is 6.08. The summed E-state index contributed by atoms with van der Waals surface area (Å²) in [5, 5.41) is 0. The summed E-state index contributed by atoms with van der Waals surface area (Å²) in [5.74, 6) is 0. The van der Waals surface area contributed by atoms with Crippen LogP contribution in [0.5, 0.6) is 0 Å². The minimum atomic E-state index is 0.535. The third kappa shape index (κ3) is 3.28. The Labute approximate surface area is 106 Å². The van der Waals surface area contributed by atoms with Crippen molar-refractivity contribution in [3.63, 3.8) is 0 Å². The molecule has 1 N–H and O–H groups in total. The smallest absolute Gasteiger partial charge is 0.0609 e. The molecule has 1 aliphatic carbocycles. The predicted octanol–water partition coefficient (Wildman–Crippen LogP) is 1.96. The van der Waals surface area contributed by atoms with Gasteiger partial charge in [0.25, 0.3) is 0 Å².